The van der Waals surface area contributed by atoms with Crippen LogP contribution in [0.15, 0.2) is 12.1 Å². The minimum absolute atomic E-state index is 0.112. The lowest BCUT2D eigenvalue weighted by molar-refractivity contribution is 0.449. The third-order valence-electron chi connectivity index (χ3n) is 2.07. The molecule has 1 rings (SSSR count). The Balaban J connectivity index is 2.95. The fourth-order valence-electron chi connectivity index (χ4n) is 1.23. The summed E-state index contributed by atoms with van der Waals surface area (Å²) in [7, 11) is -3.86. The highest BCUT2D eigenvalue weighted by Crippen LogP contribution is 2.21. The normalized spacial score (nSPS) is 13.4. The SMILES string of the molecule is CC(CCl)CS(=O)(=O)Nc1ccc(F)c(F)c1F. The van der Waals surface area contributed by atoms with Crippen LogP contribution in [0.2, 0.25) is 0 Å². The molecule has 1 aromatic carbocycles. The van der Waals surface area contributed by atoms with Gasteiger partial charge in [0.2, 0.25) is 10.0 Å². The predicted octanol–water partition coefficient (Wildman–Crippen LogP) is 2.72. The molecule has 0 radical (unpaired) electrons. The van der Waals surface area contributed by atoms with Crippen molar-refractivity contribution in [1.29, 1.82) is 0 Å². The van der Waals surface area contributed by atoms with Gasteiger partial charge in [-0.2, -0.15) is 0 Å². The monoisotopic (exact) mass is 301 g/mol. The molecular weight excluding hydrogens is 291 g/mol. The Morgan fingerprint density at radius 2 is 1.89 bits per heavy atom. The van der Waals surface area contributed by atoms with E-state index in [4.69, 9.17) is 11.6 Å². The van der Waals surface area contributed by atoms with Gasteiger partial charge >= 0.3 is 0 Å². The van der Waals surface area contributed by atoms with Crippen LogP contribution < -0.4 is 4.72 Å². The topological polar surface area (TPSA) is 46.2 Å². The summed E-state index contributed by atoms with van der Waals surface area (Å²) in [6.07, 6.45) is 0. The molecule has 0 saturated heterocycles. The number of hydrogen-bond acceptors (Lipinski definition) is 2. The molecule has 8 heteroatoms. The van der Waals surface area contributed by atoms with Gasteiger partial charge in [0, 0.05) is 5.88 Å². The van der Waals surface area contributed by atoms with Crippen molar-refractivity contribution in [2.24, 2.45) is 5.92 Å². The zero-order valence-electron chi connectivity index (χ0n) is 9.38. The second-order valence-corrected chi connectivity index (χ2v) is 5.94. The number of rotatable bonds is 5. The minimum atomic E-state index is -3.86. The summed E-state index contributed by atoms with van der Waals surface area (Å²) < 4.78 is 63.8. The van der Waals surface area contributed by atoms with E-state index in [1.165, 1.54) is 0 Å². The van der Waals surface area contributed by atoms with E-state index in [9.17, 15) is 21.6 Å². The summed E-state index contributed by atoms with van der Waals surface area (Å²) in [5.74, 6) is -5.25. The molecule has 1 aromatic rings. The third-order valence-corrected chi connectivity index (χ3v) is 4.13. The molecule has 1 unspecified atom stereocenters. The summed E-state index contributed by atoms with van der Waals surface area (Å²) >= 11 is 5.46. The van der Waals surface area contributed by atoms with E-state index in [1.807, 2.05) is 4.72 Å². The molecule has 1 N–H and O–H groups in total. The molecule has 0 bridgehead atoms. The van der Waals surface area contributed by atoms with Crippen molar-refractivity contribution >= 4 is 27.3 Å². The summed E-state index contributed by atoms with van der Waals surface area (Å²) in [5, 5.41) is 0. The van der Waals surface area contributed by atoms with E-state index >= 15 is 0 Å². The molecule has 0 aliphatic rings. The van der Waals surface area contributed by atoms with Crippen LogP contribution in [0, 0.1) is 23.4 Å². The molecule has 0 fully saturated rings. The van der Waals surface area contributed by atoms with Crippen LogP contribution in [0.25, 0.3) is 0 Å². The maximum atomic E-state index is 13.2. The van der Waals surface area contributed by atoms with Crippen LogP contribution in [-0.2, 0) is 10.0 Å². The second-order valence-electron chi connectivity index (χ2n) is 3.87. The van der Waals surface area contributed by atoms with Gasteiger partial charge in [0.1, 0.15) is 0 Å². The van der Waals surface area contributed by atoms with E-state index in [0.29, 0.717) is 6.07 Å². The fraction of sp³-hybridized carbons (Fsp3) is 0.400. The number of nitrogens with one attached hydrogen (secondary N) is 1. The van der Waals surface area contributed by atoms with Crippen molar-refractivity contribution in [3.63, 3.8) is 0 Å². The van der Waals surface area contributed by atoms with Gasteiger partial charge in [0.15, 0.2) is 17.5 Å². The van der Waals surface area contributed by atoms with Gasteiger partial charge in [0.05, 0.1) is 11.4 Å². The van der Waals surface area contributed by atoms with Crippen molar-refractivity contribution in [2.45, 2.75) is 6.92 Å². The molecule has 0 aliphatic heterocycles. The van der Waals surface area contributed by atoms with Gasteiger partial charge in [0.25, 0.3) is 0 Å². The van der Waals surface area contributed by atoms with Crippen LogP contribution in [0.5, 0.6) is 0 Å². The first-order chi connectivity index (χ1) is 8.26. The summed E-state index contributed by atoms with van der Waals surface area (Å²) in [5.41, 5.74) is -0.629. The summed E-state index contributed by atoms with van der Waals surface area (Å²) in [4.78, 5) is 0. The first-order valence-electron chi connectivity index (χ1n) is 4.96. The Bertz CT molecular complexity index is 536. The maximum Gasteiger partial charge on any atom is 0.233 e. The zero-order chi connectivity index (χ0) is 13.9. The highest BCUT2D eigenvalue weighted by molar-refractivity contribution is 7.92. The molecule has 0 spiro atoms. The van der Waals surface area contributed by atoms with Crippen LogP contribution in [0.3, 0.4) is 0 Å². The number of halogens is 4. The number of alkyl halides is 1. The lowest BCUT2D eigenvalue weighted by Crippen LogP contribution is -2.22. The van der Waals surface area contributed by atoms with Crippen molar-refractivity contribution in [1.82, 2.24) is 0 Å². The van der Waals surface area contributed by atoms with Gasteiger partial charge < -0.3 is 0 Å². The quantitative estimate of drug-likeness (QED) is 0.671. The Hall–Kier alpha value is -0.950. The van der Waals surface area contributed by atoms with Crippen molar-refractivity contribution in [3.05, 3.63) is 29.6 Å². The molecule has 1 atom stereocenters. The van der Waals surface area contributed by atoms with Crippen LogP contribution >= 0.6 is 11.6 Å². The smallest absolute Gasteiger partial charge is 0.233 e. The number of sulfonamides is 1. The van der Waals surface area contributed by atoms with Crippen LogP contribution in [0.1, 0.15) is 6.92 Å². The molecule has 0 saturated carbocycles. The average molecular weight is 302 g/mol. The van der Waals surface area contributed by atoms with Crippen LogP contribution in [-0.4, -0.2) is 20.1 Å². The zero-order valence-corrected chi connectivity index (χ0v) is 11.0. The molecule has 0 aromatic heterocycles. The standard InChI is InChI=1S/C10H11ClF3NO2S/c1-6(4-11)5-18(16,17)15-8-3-2-7(12)9(13)10(8)14/h2-3,6,15H,4-5H2,1H3. The Morgan fingerprint density at radius 3 is 2.44 bits per heavy atom. The maximum absolute atomic E-state index is 13.2. The molecular formula is C10H11ClF3NO2S. The molecule has 0 aliphatic carbocycles. The number of benzene rings is 1. The van der Waals surface area contributed by atoms with E-state index in [-0.39, 0.29) is 17.6 Å². The third kappa shape index (κ3) is 3.78. The summed E-state index contributed by atoms with van der Waals surface area (Å²) in [6.45, 7) is 1.59. The Kier molecular flexibility index (Phi) is 4.86. The van der Waals surface area contributed by atoms with Gasteiger partial charge in [-0.15, -0.1) is 11.6 Å². The minimum Gasteiger partial charge on any atom is -0.280 e. The van der Waals surface area contributed by atoms with Gasteiger partial charge in [-0.25, -0.2) is 21.6 Å². The van der Waals surface area contributed by atoms with Crippen molar-refractivity contribution < 1.29 is 21.6 Å². The van der Waals surface area contributed by atoms with Crippen molar-refractivity contribution in [3.8, 4) is 0 Å². The summed E-state index contributed by atoms with van der Waals surface area (Å²) in [6, 6.07) is 1.46. The Morgan fingerprint density at radius 1 is 1.28 bits per heavy atom. The molecule has 0 amide bonds. The van der Waals surface area contributed by atoms with E-state index in [1.54, 1.807) is 6.92 Å². The Labute approximate surface area is 108 Å². The first kappa shape index (κ1) is 15.1. The van der Waals surface area contributed by atoms with Gasteiger partial charge in [-0.3, -0.25) is 4.72 Å². The van der Waals surface area contributed by atoms with E-state index in [2.05, 4.69) is 0 Å². The molecule has 0 heterocycles. The van der Waals surface area contributed by atoms with E-state index in [0.717, 1.165) is 6.07 Å². The number of hydrogen-bond donors (Lipinski definition) is 1. The highest BCUT2D eigenvalue weighted by atomic mass is 35.5. The van der Waals surface area contributed by atoms with E-state index < -0.39 is 33.2 Å². The predicted molar refractivity (Wildman–Crippen MR) is 63.6 cm³/mol. The average Bonchev–Trinajstić information content (AvgIpc) is 2.29. The largest absolute Gasteiger partial charge is 0.280 e. The second kappa shape index (κ2) is 5.79. The highest BCUT2D eigenvalue weighted by Gasteiger charge is 2.20. The van der Waals surface area contributed by atoms with Gasteiger partial charge in [-0.05, 0) is 18.1 Å². The molecule has 102 valence electrons. The molecule has 3 nitrogen and oxygen atoms in total. The van der Waals surface area contributed by atoms with Crippen LogP contribution in [0.4, 0.5) is 18.9 Å². The first-order valence-corrected chi connectivity index (χ1v) is 7.15. The lowest BCUT2D eigenvalue weighted by Gasteiger charge is -2.12. The van der Waals surface area contributed by atoms with Crippen molar-refractivity contribution in [2.75, 3.05) is 16.4 Å². The molecule has 18 heavy (non-hydrogen) atoms. The number of anilines is 1. The lowest BCUT2D eigenvalue weighted by atomic mass is 10.3. The fourth-order valence-corrected chi connectivity index (χ4v) is 2.91. The van der Waals surface area contributed by atoms with Gasteiger partial charge in [-0.1, -0.05) is 6.92 Å².